The highest BCUT2D eigenvalue weighted by Crippen LogP contribution is 2.27. The van der Waals surface area contributed by atoms with Crippen molar-refractivity contribution in [2.45, 2.75) is 12.6 Å². The second-order valence-corrected chi connectivity index (χ2v) is 5.57. The Balaban J connectivity index is 1.44. The van der Waals surface area contributed by atoms with Crippen LogP contribution in [0.25, 0.3) is 0 Å². The van der Waals surface area contributed by atoms with E-state index in [4.69, 9.17) is 9.47 Å². The van der Waals surface area contributed by atoms with Gasteiger partial charge < -0.3 is 14.8 Å². The molecule has 0 saturated carbocycles. The van der Waals surface area contributed by atoms with E-state index in [0.717, 1.165) is 15.7 Å². The maximum atomic E-state index is 11.9. The summed E-state index contributed by atoms with van der Waals surface area (Å²) in [6.07, 6.45) is 0.466. The third-order valence-electron chi connectivity index (χ3n) is 3.72. The number of hydrogen-bond donors (Lipinski definition) is 2. The summed E-state index contributed by atoms with van der Waals surface area (Å²) in [7, 11) is 2.92. The Morgan fingerprint density at radius 3 is 3.04 bits per heavy atom. The summed E-state index contributed by atoms with van der Waals surface area (Å²) in [5, 5.41) is 10.1. The molecule has 1 atom stereocenters. The van der Waals surface area contributed by atoms with Crippen molar-refractivity contribution in [3.8, 4) is 11.5 Å². The molecule has 25 heavy (non-hydrogen) atoms. The summed E-state index contributed by atoms with van der Waals surface area (Å²) < 4.78 is 13.4. The zero-order valence-corrected chi connectivity index (χ0v) is 14.0. The van der Waals surface area contributed by atoms with Crippen molar-refractivity contribution in [1.82, 2.24) is 19.7 Å². The molecule has 1 aliphatic rings. The Morgan fingerprint density at radius 1 is 1.36 bits per heavy atom. The number of nitrogens with zero attached hydrogens (tertiary/aromatic N) is 3. The van der Waals surface area contributed by atoms with E-state index in [1.807, 2.05) is 0 Å². The Hall–Kier alpha value is -2.99. The second-order valence-electron chi connectivity index (χ2n) is 5.57. The van der Waals surface area contributed by atoms with Crippen LogP contribution in [0.2, 0.25) is 0 Å². The van der Waals surface area contributed by atoms with Crippen molar-refractivity contribution in [3.05, 3.63) is 45.1 Å². The molecule has 132 valence electrons. The number of fused-ring (bicyclic) bond motifs is 1. The molecule has 0 bridgehead atoms. The largest absolute Gasteiger partial charge is 0.484 e. The first-order valence-corrected chi connectivity index (χ1v) is 7.89. The molecule has 0 spiro atoms. The lowest BCUT2D eigenvalue weighted by Gasteiger charge is -2.25. The molecule has 1 aromatic carbocycles. The van der Waals surface area contributed by atoms with Crippen LogP contribution in [0.1, 0.15) is 6.42 Å². The van der Waals surface area contributed by atoms with Crippen LogP contribution in [-0.2, 0) is 14.1 Å². The van der Waals surface area contributed by atoms with Crippen molar-refractivity contribution in [1.29, 1.82) is 0 Å². The van der Waals surface area contributed by atoms with Gasteiger partial charge in [0.25, 0.3) is 5.56 Å². The molecule has 0 saturated heterocycles. The normalized spacial score (nSPS) is 15.5. The molecule has 9 heteroatoms. The predicted octanol–water partition coefficient (Wildman–Crippen LogP) is -0.732. The van der Waals surface area contributed by atoms with E-state index in [1.54, 1.807) is 12.1 Å². The van der Waals surface area contributed by atoms with Gasteiger partial charge in [0.15, 0.2) is 12.0 Å². The first-order chi connectivity index (χ1) is 12.1. The summed E-state index contributed by atoms with van der Waals surface area (Å²) in [6.45, 7) is 1.58. The topological polar surface area (TPSA) is 99.4 Å². The molecule has 1 aromatic heterocycles. The van der Waals surface area contributed by atoms with Gasteiger partial charge in [-0.15, -0.1) is 5.10 Å². The number of aromatic nitrogens is 3. The number of ether oxygens (including phenoxy) is 2. The van der Waals surface area contributed by atoms with Crippen molar-refractivity contribution in [3.63, 3.8) is 0 Å². The van der Waals surface area contributed by atoms with Gasteiger partial charge in [0.2, 0.25) is 11.6 Å². The Bertz CT molecular complexity index is 860. The molecule has 1 aliphatic heterocycles. The Morgan fingerprint density at radius 2 is 2.20 bits per heavy atom. The minimum absolute atomic E-state index is 0.154. The van der Waals surface area contributed by atoms with Gasteiger partial charge in [-0.25, -0.2) is 9.48 Å². The van der Waals surface area contributed by atoms with Gasteiger partial charge in [-0.05, 0) is 24.6 Å². The zero-order valence-electron chi connectivity index (χ0n) is 14.0. The maximum absolute atomic E-state index is 11.9. The van der Waals surface area contributed by atoms with Crippen molar-refractivity contribution < 1.29 is 9.47 Å². The van der Waals surface area contributed by atoms with Crippen molar-refractivity contribution in [2.24, 2.45) is 14.1 Å². The number of rotatable bonds is 6. The van der Waals surface area contributed by atoms with Crippen LogP contribution in [0.5, 0.6) is 11.5 Å². The van der Waals surface area contributed by atoms with Gasteiger partial charge in [-0.1, -0.05) is 6.07 Å². The standard InChI is InChI=1S/C16H19N5O4/c1-20-15(22)14(19-21(2)16(20)23)18-9-5-8-17-13-10-24-11-6-3-4-7-12(11)25-13/h3,6,13,17H,5,8-10H2,1-2H3,(H,18,19). The lowest BCUT2D eigenvalue weighted by atomic mass is 10.3. The van der Waals surface area contributed by atoms with Gasteiger partial charge in [-0.3, -0.25) is 14.7 Å². The minimum atomic E-state index is -0.457. The molecular formula is C16H19N5O4. The third-order valence-corrected chi connectivity index (χ3v) is 3.72. The number of aryl methyl sites for hydroxylation is 1. The van der Waals surface area contributed by atoms with Gasteiger partial charge in [0.1, 0.15) is 6.61 Å². The lowest BCUT2D eigenvalue weighted by molar-refractivity contribution is 0.0669. The summed E-state index contributed by atoms with van der Waals surface area (Å²) in [5.41, 5.74) is -0.899. The zero-order chi connectivity index (χ0) is 17.8. The average Bonchev–Trinajstić information content (AvgIpc) is 2.63. The van der Waals surface area contributed by atoms with Crippen LogP contribution in [-0.4, -0.2) is 40.3 Å². The second kappa shape index (κ2) is 7.27. The smallest absolute Gasteiger partial charge is 0.346 e. The van der Waals surface area contributed by atoms with Crippen LogP contribution in [0.15, 0.2) is 21.7 Å². The summed E-state index contributed by atoms with van der Waals surface area (Å²) >= 11 is 0. The first kappa shape index (κ1) is 16.9. The molecule has 2 heterocycles. The lowest BCUT2D eigenvalue weighted by Crippen LogP contribution is -2.43. The van der Waals surface area contributed by atoms with Gasteiger partial charge in [0.05, 0.1) is 0 Å². The molecular weight excluding hydrogens is 326 g/mol. The minimum Gasteiger partial charge on any atom is -0.484 e. The van der Waals surface area contributed by atoms with Gasteiger partial charge in [-0.2, -0.15) is 0 Å². The highest BCUT2D eigenvalue weighted by molar-refractivity contribution is 5.37. The quantitative estimate of drug-likeness (QED) is 0.666. The number of hydrogen-bond acceptors (Lipinski definition) is 7. The molecule has 0 radical (unpaired) electrons. The molecule has 0 fully saturated rings. The van der Waals surface area contributed by atoms with Crippen LogP contribution in [0, 0.1) is 12.1 Å². The third kappa shape index (κ3) is 3.75. The first-order valence-electron chi connectivity index (χ1n) is 7.89. The molecule has 0 amide bonds. The predicted molar refractivity (Wildman–Crippen MR) is 89.9 cm³/mol. The Labute approximate surface area is 144 Å². The molecule has 2 N–H and O–H groups in total. The highest BCUT2D eigenvalue weighted by Gasteiger charge is 2.19. The van der Waals surface area contributed by atoms with E-state index in [2.05, 4.69) is 27.9 Å². The summed E-state index contributed by atoms with van der Waals surface area (Å²) in [4.78, 5) is 23.5. The molecule has 2 aromatic rings. The fourth-order valence-corrected chi connectivity index (χ4v) is 2.37. The van der Waals surface area contributed by atoms with E-state index < -0.39 is 11.2 Å². The summed E-state index contributed by atoms with van der Waals surface area (Å²) in [6, 6.07) is 9.19. The number of nitrogens with one attached hydrogen (secondary N) is 2. The van der Waals surface area contributed by atoms with E-state index >= 15 is 0 Å². The number of anilines is 1. The maximum Gasteiger partial charge on any atom is 0.346 e. The Kier molecular flexibility index (Phi) is 4.90. The monoisotopic (exact) mass is 345 g/mol. The van der Waals surface area contributed by atoms with Crippen LogP contribution in [0.4, 0.5) is 5.82 Å². The van der Waals surface area contributed by atoms with E-state index in [1.165, 1.54) is 14.1 Å². The fraction of sp³-hybridized carbons (Fsp3) is 0.438. The van der Waals surface area contributed by atoms with Crippen LogP contribution >= 0.6 is 0 Å². The van der Waals surface area contributed by atoms with Crippen molar-refractivity contribution in [2.75, 3.05) is 25.0 Å². The molecule has 3 rings (SSSR count). The van der Waals surface area contributed by atoms with Crippen LogP contribution in [0.3, 0.4) is 0 Å². The van der Waals surface area contributed by atoms with Gasteiger partial charge in [0, 0.05) is 27.2 Å². The molecule has 1 unspecified atom stereocenters. The van der Waals surface area contributed by atoms with E-state index in [0.29, 0.717) is 31.2 Å². The van der Waals surface area contributed by atoms with E-state index in [9.17, 15) is 9.59 Å². The van der Waals surface area contributed by atoms with Crippen LogP contribution < -0.4 is 31.4 Å². The SMILES string of the molecule is Cn1nc(NCCCNC2COc3ccc#cc3O2)c(=O)n(C)c1=O. The molecule has 0 aliphatic carbocycles. The highest BCUT2D eigenvalue weighted by atomic mass is 16.6. The fourth-order valence-electron chi connectivity index (χ4n) is 2.37. The molecule has 9 nitrogen and oxygen atoms in total. The van der Waals surface area contributed by atoms with E-state index in [-0.39, 0.29) is 12.0 Å². The van der Waals surface area contributed by atoms with Crippen molar-refractivity contribution >= 4 is 5.82 Å². The summed E-state index contributed by atoms with van der Waals surface area (Å²) in [5.74, 6) is 1.36. The average molecular weight is 345 g/mol. The van der Waals surface area contributed by atoms with Gasteiger partial charge >= 0.3 is 5.69 Å².